The summed E-state index contributed by atoms with van der Waals surface area (Å²) >= 11 is 1.67. The van der Waals surface area contributed by atoms with Crippen LogP contribution in [0.3, 0.4) is 0 Å². The van der Waals surface area contributed by atoms with Crippen molar-refractivity contribution in [1.82, 2.24) is 30.1 Å². The van der Waals surface area contributed by atoms with Crippen molar-refractivity contribution in [1.29, 1.82) is 0 Å². The topological polar surface area (TPSA) is 95.2 Å². The number of thiophene rings is 1. The maximum Gasteiger partial charge on any atom is 0.135 e. The summed E-state index contributed by atoms with van der Waals surface area (Å²) in [7, 11) is 0. The van der Waals surface area contributed by atoms with E-state index in [4.69, 9.17) is 4.98 Å². The van der Waals surface area contributed by atoms with Crippen LogP contribution in [-0.2, 0) is 0 Å². The molecule has 0 bridgehead atoms. The van der Waals surface area contributed by atoms with Crippen LogP contribution in [0.4, 0.5) is 5.69 Å². The number of pyridine rings is 3. The summed E-state index contributed by atoms with van der Waals surface area (Å²) in [6.45, 7) is 4.21. The highest BCUT2D eigenvalue weighted by Crippen LogP contribution is 2.33. The van der Waals surface area contributed by atoms with Crippen molar-refractivity contribution >= 4 is 39.0 Å². The number of hydrogen-bond donors (Lipinski definition) is 3. The average molecular weight is 452 g/mol. The van der Waals surface area contributed by atoms with E-state index < -0.39 is 0 Å². The van der Waals surface area contributed by atoms with Gasteiger partial charge in [-0.1, -0.05) is 0 Å². The van der Waals surface area contributed by atoms with Gasteiger partial charge < -0.3 is 10.3 Å². The molecule has 0 amide bonds. The van der Waals surface area contributed by atoms with E-state index in [1.54, 1.807) is 11.3 Å². The summed E-state index contributed by atoms with van der Waals surface area (Å²) in [5.41, 5.74) is 9.25. The van der Waals surface area contributed by atoms with Crippen LogP contribution in [0.25, 0.3) is 55.8 Å². The van der Waals surface area contributed by atoms with Gasteiger partial charge in [-0.05, 0) is 55.6 Å². The monoisotopic (exact) mass is 451 g/mol. The molecule has 0 spiro atoms. The number of H-pyrrole nitrogens is 2. The van der Waals surface area contributed by atoms with E-state index in [1.165, 1.54) is 0 Å². The second-order valence-corrected chi connectivity index (χ2v) is 9.02. The fraction of sp³-hybridized carbons (Fsp3) is 0.120. The van der Waals surface area contributed by atoms with Gasteiger partial charge in [0, 0.05) is 52.0 Å². The molecule has 6 rings (SSSR count). The molecule has 0 unspecified atom stereocenters. The second kappa shape index (κ2) is 7.83. The molecule has 0 aliphatic heterocycles. The van der Waals surface area contributed by atoms with Gasteiger partial charge in [-0.2, -0.15) is 16.4 Å². The molecule has 6 heterocycles. The molecule has 6 aromatic rings. The lowest BCUT2D eigenvalue weighted by molar-refractivity contribution is 0.898. The first-order valence-electron chi connectivity index (χ1n) is 10.7. The van der Waals surface area contributed by atoms with Crippen LogP contribution in [0.2, 0.25) is 0 Å². The summed E-state index contributed by atoms with van der Waals surface area (Å²) in [5, 5.41) is 16.3. The molecule has 0 saturated carbocycles. The number of fused-ring (bicyclic) bond motifs is 2. The lowest BCUT2D eigenvalue weighted by atomic mass is 10.1. The van der Waals surface area contributed by atoms with Crippen molar-refractivity contribution in [3.63, 3.8) is 0 Å². The fourth-order valence-corrected chi connectivity index (χ4v) is 4.69. The number of nitrogens with zero attached hydrogens (tertiary/aromatic N) is 4. The quantitative estimate of drug-likeness (QED) is 0.294. The predicted octanol–water partition coefficient (Wildman–Crippen LogP) is 6.11. The van der Waals surface area contributed by atoms with Crippen molar-refractivity contribution < 1.29 is 0 Å². The molecule has 162 valence electrons. The molecular formula is C25H21N7S. The normalized spacial score (nSPS) is 11.6. The van der Waals surface area contributed by atoms with Gasteiger partial charge in [-0.15, -0.1) is 0 Å². The Morgan fingerprint density at radius 2 is 1.91 bits per heavy atom. The van der Waals surface area contributed by atoms with Crippen molar-refractivity contribution in [2.24, 2.45) is 0 Å². The SMILES string of the molecule is CC(C)Nc1cncc(-c2ccc3[nH]nc(-c4cc5c(-c6ccsc6)nccc5[nH]4)c3n2)c1. The Morgan fingerprint density at radius 3 is 2.76 bits per heavy atom. The van der Waals surface area contributed by atoms with Crippen LogP contribution in [0, 0.1) is 0 Å². The Labute approximate surface area is 194 Å². The summed E-state index contributed by atoms with van der Waals surface area (Å²) in [5.74, 6) is 0. The first-order valence-corrected chi connectivity index (χ1v) is 11.7. The highest BCUT2D eigenvalue weighted by atomic mass is 32.1. The Kier molecular flexibility index (Phi) is 4.66. The molecule has 0 aromatic carbocycles. The summed E-state index contributed by atoms with van der Waals surface area (Å²) in [4.78, 5) is 17.5. The maximum atomic E-state index is 4.95. The molecule has 0 radical (unpaired) electrons. The molecule has 0 atom stereocenters. The molecule has 0 aliphatic rings. The van der Waals surface area contributed by atoms with Gasteiger partial charge in [0.25, 0.3) is 0 Å². The number of anilines is 1. The van der Waals surface area contributed by atoms with E-state index in [2.05, 4.69) is 73.3 Å². The number of nitrogens with one attached hydrogen (secondary N) is 3. The maximum absolute atomic E-state index is 4.95. The van der Waals surface area contributed by atoms with Crippen molar-refractivity contribution in [3.05, 3.63) is 65.7 Å². The van der Waals surface area contributed by atoms with Crippen LogP contribution < -0.4 is 5.32 Å². The van der Waals surface area contributed by atoms with E-state index in [0.717, 1.165) is 61.5 Å². The number of hydrogen-bond acceptors (Lipinski definition) is 6. The van der Waals surface area contributed by atoms with Crippen molar-refractivity contribution in [3.8, 4) is 33.9 Å². The second-order valence-electron chi connectivity index (χ2n) is 8.24. The van der Waals surface area contributed by atoms with Crippen LogP contribution >= 0.6 is 11.3 Å². The Hall–Kier alpha value is -4.04. The van der Waals surface area contributed by atoms with Gasteiger partial charge in [0.05, 0.1) is 28.3 Å². The van der Waals surface area contributed by atoms with E-state index >= 15 is 0 Å². The van der Waals surface area contributed by atoms with Crippen molar-refractivity contribution in [2.45, 2.75) is 19.9 Å². The van der Waals surface area contributed by atoms with Crippen LogP contribution in [0.5, 0.6) is 0 Å². The summed E-state index contributed by atoms with van der Waals surface area (Å²) < 4.78 is 0. The first kappa shape index (κ1) is 19.6. The zero-order valence-corrected chi connectivity index (χ0v) is 18.9. The lowest BCUT2D eigenvalue weighted by Crippen LogP contribution is -2.09. The molecule has 0 aliphatic carbocycles. The lowest BCUT2D eigenvalue weighted by Gasteiger charge is -2.10. The van der Waals surface area contributed by atoms with Gasteiger partial charge in [-0.3, -0.25) is 15.1 Å². The largest absolute Gasteiger partial charge is 0.382 e. The van der Waals surface area contributed by atoms with Crippen LogP contribution in [-0.4, -0.2) is 36.2 Å². The zero-order chi connectivity index (χ0) is 22.4. The third kappa shape index (κ3) is 3.54. The van der Waals surface area contributed by atoms with Crippen LogP contribution in [0.15, 0.2) is 65.7 Å². The summed E-state index contributed by atoms with van der Waals surface area (Å²) in [6.07, 6.45) is 5.50. The van der Waals surface area contributed by atoms with E-state index in [0.29, 0.717) is 6.04 Å². The van der Waals surface area contributed by atoms with Crippen molar-refractivity contribution in [2.75, 3.05) is 5.32 Å². The minimum Gasteiger partial charge on any atom is -0.382 e. The predicted molar refractivity (Wildman–Crippen MR) is 134 cm³/mol. The minimum absolute atomic E-state index is 0.327. The van der Waals surface area contributed by atoms with E-state index in [1.807, 2.05) is 36.8 Å². The molecule has 8 heteroatoms. The number of aromatic nitrogens is 6. The van der Waals surface area contributed by atoms with E-state index in [9.17, 15) is 0 Å². The smallest absolute Gasteiger partial charge is 0.135 e. The Morgan fingerprint density at radius 1 is 0.970 bits per heavy atom. The standard InChI is InChI=1S/C25H21N7S/c1-14(2)28-17-9-16(11-26-12-17)19-3-4-21-24(30-19)25(32-31-21)22-10-18-20(29-22)5-7-27-23(18)15-6-8-33-13-15/h3-14,28-29H,1-2H3,(H,31,32). The van der Waals surface area contributed by atoms with E-state index in [-0.39, 0.29) is 0 Å². The first-order chi connectivity index (χ1) is 16.2. The molecule has 0 fully saturated rings. The van der Waals surface area contributed by atoms with Gasteiger partial charge >= 0.3 is 0 Å². The number of aromatic amines is 2. The molecule has 0 saturated heterocycles. The Balaban J connectivity index is 1.45. The van der Waals surface area contributed by atoms with Gasteiger partial charge in [0.15, 0.2) is 0 Å². The third-order valence-electron chi connectivity index (χ3n) is 5.49. The van der Waals surface area contributed by atoms with Crippen LogP contribution in [0.1, 0.15) is 13.8 Å². The molecule has 3 N–H and O–H groups in total. The average Bonchev–Trinajstić information content (AvgIpc) is 3.57. The van der Waals surface area contributed by atoms with Gasteiger partial charge in [0.1, 0.15) is 11.2 Å². The third-order valence-corrected chi connectivity index (χ3v) is 6.18. The summed E-state index contributed by atoms with van der Waals surface area (Å²) in [6, 6.07) is 12.6. The fourth-order valence-electron chi connectivity index (χ4n) is 4.05. The highest BCUT2D eigenvalue weighted by molar-refractivity contribution is 7.08. The molecular weight excluding hydrogens is 430 g/mol. The van der Waals surface area contributed by atoms with Gasteiger partial charge in [-0.25, -0.2) is 4.98 Å². The molecule has 7 nitrogen and oxygen atoms in total. The minimum atomic E-state index is 0.327. The molecule has 33 heavy (non-hydrogen) atoms. The number of rotatable bonds is 5. The zero-order valence-electron chi connectivity index (χ0n) is 18.1. The Bertz CT molecular complexity index is 1580. The highest BCUT2D eigenvalue weighted by Gasteiger charge is 2.16. The molecule has 6 aromatic heterocycles. The van der Waals surface area contributed by atoms with Gasteiger partial charge in [0.2, 0.25) is 0 Å².